The quantitative estimate of drug-likeness (QED) is 0.0353. The first-order valence-electron chi connectivity index (χ1n) is 22.9. The van der Waals surface area contributed by atoms with Gasteiger partial charge in [0.05, 0.1) is 0 Å². The molecule has 0 spiro atoms. The Hall–Kier alpha value is -1.59. The highest BCUT2D eigenvalue weighted by Crippen LogP contribution is 2.16. The number of hydrogen-bond donors (Lipinski definition) is 0. The van der Waals surface area contributed by atoms with E-state index in [0.717, 1.165) is 63.7 Å². The van der Waals surface area contributed by atoms with Gasteiger partial charge in [0.25, 0.3) is 0 Å². The largest absolute Gasteiger partial charge is 0.462 e. The fourth-order valence-electron chi connectivity index (χ4n) is 6.80. The Labute approximate surface area is 323 Å². The van der Waals surface area contributed by atoms with E-state index in [1.54, 1.807) is 0 Å². The number of rotatable bonds is 41. The van der Waals surface area contributed by atoms with Gasteiger partial charge >= 0.3 is 17.9 Å². The Kier molecular flexibility index (Phi) is 39.4. The molecule has 0 aromatic heterocycles. The van der Waals surface area contributed by atoms with Gasteiger partial charge in [0, 0.05) is 19.3 Å². The molecule has 1 atom stereocenters. The maximum Gasteiger partial charge on any atom is 0.306 e. The van der Waals surface area contributed by atoms with Crippen molar-refractivity contribution in [2.24, 2.45) is 5.92 Å². The second-order valence-corrected chi connectivity index (χ2v) is 16.2. The third kappa shape index (κ3) is 39.6. The van der Waals surface area contributed by atoms with Gasteiger partial charge in [-0.25, -0.2) is 0 Å². The van der Waals surface area contributed by atoms with Crippen molar-refractivity contribution in [1.82, 2.24) is 0 Å². The van der Waals surface area contributed by atoms with Crippen LogP contribution in [-0.4, -0.2) is 37.2 Å². The van der Waals surface area contributed by atoms with E-state index < -0.39 is 6.10 Å². The van der Waals surface area contributed by atoms with E-state index in [-0.39, 0.29) is 31.1 Å². The topological polar surface area (TPSA) is 78.9 Å². The van der Waals surface area contributed by atoms with Crippen molar-refractivity contribution in [3.05, 3.63) is 0 Å². The first kappa shape index (κ1) is 50.4. The van der Waals surface area contributed by atoms with Gasteiger partial charge in [0.15, 0.2) is 6.10 Å². The van der Waals surface area contributed by atoms with Crippen LogP contribution in [0.1, 0.15) is 252 Å². The van der Waals surface area contributed by atoms with Gasteiger partial charge in [-0.15, -0.1) is 0 Å². The van der Waals surface area contributed by atoms with Gasteiger partial charge in [-0.3, -0.25) is 14.4 Å². The lowest BCUT2D eigenvalue weighted by molar-refractivity contribution is -0.167. The van der Waals surface area contributed by atoms with E-state index in [9.17, 15) is 14.4 Å². The zero-order valence-corrected chi connectivity index (χ0v) is 35.3. The molecule has 0 aromatic carbocycles. The summed E-state index contributed by atoms with van der Waals surface area (Å²) >= 11 is 0. The molecule has 0 bridgehead atoms. The molecule has 0 N–H and O–H groups in total. The van der Waals surface area contributed by atoms with Crippen molar-refractivity contribution in [3.8, 4) is 0 Å². The summed E-state index contributed by atoms with van der Waals surface area (Å²) in [5.41, 5.74) is 0. The van der Waals surface area contributed by atoms with Gasteiger partial charge in [-0.05, 0) is 25.2 Å². The highest BCUT2D eigenvalue weighted by Gasteiger charge is 2.19. The number of hydrogen-bond acceptors (Lipinski definition) is 6. The van der Waals surface area contributed by atoms with Gasteiger partial charge in [-0.1, -0.05) is 214 Å². The van der Waals surface area contributed by atoms with Gasteiger partial charge < -0.3 is 14.2 Å². The summed E-state index contributed by atoms with van der Waals surface area (Å²) in [6.07, 6.45) is 39.5. The fourth-order valence-corrected chi connectivity index (χ4v) is 6.80. The smallest absolute Gasteiger partial charge is 0.306 e. The Bertz CT molecular complexity index is 781. The summed E-state index contributed by atoms with van der Waals surface area (Å²) in [7, 11) is 0. The number of unbranched alkanes of at least 4 members (excludes halogenated alkanes) is 28. The van der Waals surface area contributed by atoms with Crippen LogP contribution < -0.4 is 0 Å². The Balaban J connectivity index is 4.27. The standard InChI is InChI=1S/C46H88O6/c1-5-7-9-11-13-15-16-17-18-19-20-22-26-30-34-38-45(48)51-41-43(40-50-44(47)37-33-29-25-21-14-12-10-8-6-2)52-46(49)39-35-31-27-23-24-28-32-36-42(3)4/h42-43H,5-41H2,1-4H3/t43-/m1/s1. The molecule has 0 unspecified atom stereocenters. The molecule has 6 nitrogen and oxygen atoms in total. The normalized spacial score (nSPS) is 11.9. The SMILES string of the molecule is CCCCCCCCCCCCCCCCCC(=O)OC[C@@H](COC(=O)CCCCCCCCCCC)OC(=O)CCCCCCCCCC(C)C. The molecular formula is C46H88O6. The summed E-state index contributed by atoms with van der Waals surface area (Å²) in [4.78, 5) is 37.6. The minimum absolute atomic E-state index is 0.0645. The third-order valence-corrected chi connectivity index (χ3v) is 10.3. The maximum atomic E-state index is 12.7. The number of carbonyl (C=O) groups is 3. The second kappa shape index (κ2) is 40.6. The molecule has 0 rings (SSSR count). The van der Waals surface area contributed by atoms with E-state index in [1.165, 1.54) is 148 Å². The molecule has 0 fully saturated rings. The molecular weight excluding hydrogens is 648 g/mol. The summed E-state index contributed by atoms with van der Waals surface area (Å²) in [6.45, 7) is 8.93. The molecule has 0 saturated carbocycles. The van der Waals surface area contributed by atoms with Crippen LogP contribution in [0.15, 0.2) is 0 Å². The fraction of sp³-hybridized carbons (Fsp3) is 0.935. The molecule has 0 radical (unpaired) electrons. The number of carbonyl (C=O) groups excluding carboxylic acids is 3. The molecule has 0 saturated heterocycles. The van der Waals surface area contributed by atoms with E-state index in [0.29, 0.717) is 19.3 Å². The van der Waals surface area contributed by atoms with Crippen molar-refractivity contribution in [1.29, 1.82) is 0 Å². The van der Waals surface area contributed by atoms with Gasteiger partial charge in [0.1, 0.15) is 13.2 Å². The van der Waals surface area contributed by atoms with Crippen LogP contribution in [0.25, 0.3) is 0 Å². The summed E-state index contributed by atoms with van der Waals surface area (Å²) < 4.78 is 16.7. The average Bonchev–Trinajstić information content (AvgIpc) is 3.12. The van der Waals surface area contributed by atoms with Gasteiger partial charge in [-0.2, -0.15) is 0 Å². The van der Waals surface area contributed by atoms with E-state index in [2.05, 4.69) is 27.7 Å². The molecule has 0 amide bonds. The van der Waals surface area contributed by atoms with Crippen LogP contribution in [0.4, 0.5) is 0 Å². The van der Waals surface area contributed by atoms with Crippen LogP contribution in [0.5, 0.6) is 0 Å². The predicted molar refractivity (Wildman–Crippen MR) is 220 cm³/mol. The van der Waals surface area contributed by atoms with Crippen molar-refractivity contribution >= 4 is 17.9 Å². The van der Waals surface area contributed by atoms with E-state index in [4.69, 9.17) is 14.2 Å². The zero-order chi connectivity index (χ0) is 38.2. The van der Waals surface area contributed by atoms with E-state index in [1.807, 2.05) is 0 Å². The van der Waals surface area contributed by atoms with Crippen molar-refractivity contribution < 1.29 is 28.6 Å². The summed E-state index contributed by atoms with van der Waals surface area (Å²) in [5, 5.41) is 0. The van der Waals surface area contributed by atoms with Crippen molar-refractivity contribution in [3.63, 3.8) is 0 Å². The predicted octanol–water partition coefficient (Wildman–Crippen LogP) is 14.3. The van der Waals surface area contributed by atoms with Crippen LogP contribution in [0, 0.1) is 5.92 Å². The lowest BCUT2D eigenvalue weighted by atomic mass is 10.0. The van der Waals surface area contributed by atoms with Crippen LogP contribution in [-0.2, 0) is 28.6 Å². The Morgan fingerprint density at radius 3 is 0.942 bits per heavy atom. The lowest BCUT2D eigenvalue weighted by Gasteiger charge is -2.18. The molecule has 0 aliphatic heterocycles. The van der Waals surface area contributed by atoms with Crippen LogP contribution in [0.2, 0.25) is 0 Å². The van der Waals surface area contributed by atoms with E-state index >= 15 is 0 Å². The second-order valence-electron chi connectivity index (χ2n) is 16.2. The van der Waals surface area contributed by atoms with Crippen LogP contribution >= 0.6 is 0 Å². The molecule has 308 valence electrons. The molecule has 52 heavy (non-hydrogen) atoms. The zero-order valence-electron chi connectivity index (χ0n) is 35.3. The Morgan fingerprint density at radius 2 is 0.635 bits per heavy atom. The van der Waals surface area contributed by atoms with Crippen molar-refractivity contribution in [2.75, 3.05) is 13.2 Å². The minimum Gasteiger partial charge on any atom is -0.462 e. The maximum absolute atomic E-state index is 12.7. The summed E-state index contributed by atoms with van der Waals surface area (Å²) in [5.74, 6) is -0.0811. The lowest BCUT2D eigenvalue weighted by Crippen LogP contribution is -2.30. The molecule has 0 aliphatic rings. The summed E-state index contributed by atoms with van der Waals surface area (Å²) in [6, 6.07) is 0. The minimum atomic E-state index is -0.759. The van der Waals surface area contributed by atoms with Crippen molar-refractivity contribution in [2.45, 2.75) is 259 Å². The average molecular weight is 737 g/mol. The number of ether oxygens (including phenoxy) is 3. The highest BCUT2D eigenvalue weighted by molar-refractivity contribution is 5.71. The first-order valence-corrected chi connectivity index (χ1v) is 22.9. The number of esters is 3. The highest BCUT2D eigenvalue weighted by atomic mass is 16.6. The van der Waals surface area contributed by atoms with Gasteiger partial charge in [0.2, 0.25) is 0 Å². The molecule has 0 aromatic rings. The monoisotopic (exact) mass is 737 g/mol. The Morgan fingerprint density at radius 1 is 0.365 bits per heavy atom. The first-order chi connectivity index (χ1) is 25.4. The molecule has 0 aliphatic carbocycles. The molecule has 0 heterocycles. The third-order valence-electron chi connectivity index (χ3n) is 10.3. The van der Waals surface area contributed by atoms with Crippen LogP contribution in [0.3, 0.4) is 0 Å². The molecule has 6 heteroatoms.